The number of anilines is 1. The molecule has 0 N–H and O–H groups in total. The van der Waals surface area contributed by atoms with Crippen molar-refractivity contribution in [1.82, 2.24) is 4.57 Å². The van der Waals surface area contributed by atoms with Crippen molar-refractivity contribution in [2.24, 2.45) is 0 Å². The number of hydrogen-bond acceptors (Lipinski definition) is 2. The minimum absolute atomic E-state index is 0.550. The first-order valence-electron chi connectivity index (χ1n) is 25.0. The Labute approximate surface area is 420 Å². The van der Waals surface area contributed by atoms with Gasteiger partial charge in [-0.3, -0.25) is 0 Å². The Balaban J connectivity index is 0.977. The van der Waals surface area contributed by atoms with Crippen LogP contribution in [-0.4, -0.2) is 4.57 Å². The molecule has 0 amide bonds. The maximum absolute atomic E-state index is 7.38. The van der Waals surface area contributed by atoms with Gasteiger partial charge in [-0.2, -0.15) is 0 Å². The molecule has 0 atom stereocenters. The molecule has 0 bridgehead atoms. The largest absolute Gasteiger partial charge is 0.459 e. The monoisotopic (exact) mass is 922 g/mol. The highest BCUT2D eigenvalue weighted by atomic mass is 16.3. The van der Waals surface area contributed by atoms with E-state index in [1.54, 1.807) is 0 Å². The van der Waals surface area contributed by atoms with E-state index >= 15 is 0 Å². The standard InChI is InChI=1S/C69H50N2O/c1-47-31-41-61-62-42-44-66-68(63-45-53(48-19-10-8-11-20-48)36-43-65(63)71(66)56-39-34-52(35-40-56)60-29-18-25-50-22-14-16-27-58(50)60)69(62)72-67(61)46-54-23-9-6-4-2-3-5-7-12-30-64(54)70(47)55-37-32-51(33-38-55)59-28-17-24-49-21-13-15-26-57(49)59/h2-7,9-10,12-45H,1,8,11,46H2/b3-2-,4-2?,5-3?,6-4+,7-5-,9-6?,12-7?,23-9+,30-12-,41-31-,54-23?,64-30?,64-54-. The molecule has 3 nitrogen and oxygen atoms in total. The Bertz CT molecular complexity index is 4100. The van der Waals surface area contributed by atoms with Gasteiger partial charge in [-0.1, -0.05) is 195 Å². The molecule has 0 saturated carbocycles. The van der Waals surface area contributed by atoms with Gasteiger partial charge in [0.2, 0.25) is 0 Å². The summed E-state index contributed by atoms with van der Waals surface area (Å²) >= 11 is 0. The van der Waals surface area contributed by atoms with Crippen LogP contribution in [0, 0.1) is 0 Å². The topological polar surface area (TPSA) is 21.3 Å². The normalized spacial score (nSPS) is 18.6. The lowest BCUT2D eigenvalue weighted by molar-refractivity contribution is 0.564. The number of nitrogens with zero attached hydrogens (tertiary/aromatic N) is 2. The fourth-order valence-electron chi connectivity index (χ4n) is 11.0. The summed E-state index contributed by atoms with van der Waals surface area (Å²) in [5, 5.41) is 8.30. The van der Waals surface area contributed by atoms with Crippen molar-refractivity contribution in [2.45, 2.75) is 19.3 Å². The minimum atomic E-state index is 0.550. The van der Waals surface area contributed by atoms with Crippen LogP contribution in [0.2, 0.25) is 0 Å². The van der Waals surface area contributed by atoms with E-state index in [1.807, 2.05) is 6.08 Å². The first-order chi connectivity index (χ1) is 35.6. The first kappa shape index (κ1) is 42.9. The second kappa shape index (κ2) is 18.3. The summed E-state index contributed by atoms with van der Waals surface area (Å²) in [4.78, 5) is 2.28. The highest BCUT2D eigenvalue weighted by Crippen LogP contribution is 2.44. The third kappa shape index (κ3) is 7.64. The molecule has 2 aromatic heterocycles. The van der Waals surface area contributed by atoms with Crippen LogP contribution in [0.3, 0.4) is 0 Å². The molecular weight excluding hydrogens is 873 g/mol. The Hall–Kier alpha value is -9.18. The summed E-state index contributed by atoms with van der Waals surface area (Å²) in [5.41, 5.74) is 16.5. The molecular formula is C69H50N2O. The Morgan fingerprint density at radius 1 is 0.458 bits per heavy atom. The number of allylic oxidation sites excluding steroid dienone is 16. The van der Waals surface area contributed by atoms with E-state index in [-0.39, 0.29) is 0 Å². The van der Waals surface area contributed by atoms with Crippen LogP contribution in [-0.2, 0) is 6.42 Å². The zero-order valence-corrected chi connectivity index (χ0v) is 39.9. The lowest BCUT2D eigenvalue weighted by atomic mass is 9.97. The number of hydrogen-bond donors (Lipinski definition) is 0. The van der Waals surface area contributed by atoms with Crippen LogP contribution in [0.5, 0.6) is 0 Å². The lowest BCUT2D eigenvalue weighted by Crippen LogP contribution is -2.21. The molecule has 0 radical (unpaired) electrons. The molecule has 3 heteroatoms. The summed E-state index contributed by atoms with van der Waals surface area (Å²) in [6.45, 7) is 4.78. The predicted octanol–water partition coefficient (Wildman–Crippen LogP) is 18.5. The van der Waals surface area contributed by atoms with Crippen LogP contribution in [0.15, 0.2) is 277 Å². The molecule has 0 unspecified atom stereocenters. The van der Waals surface area contributed by atoms with E-state index < -0.39 is 0 Å². The molecule has 13 rings (SSSR count). The van der Waals surface area contributed by atoms with E-state index in [4.69, 9.17) is 11.0 Å². The van der Waals surface area contributed by atoms with Gasteiger partial charge in [-0.25, -0.2) is 0 Å². The molecule has 342 valence electrons. The number of fused-ring (bicyclic) bond motifs is 9. The number of aromatic nitrogens is 1. The van der Waals surface area contributed by atoms with Crippen molar-refractivity contribution >= 4 is 71.7 Å². The van der Waals surface area contributed by atoms with Crippen molar-refractivity contribution in [1.29, 1.82) is 0 Å². The lowest BCUT2D eigenvalue weighted by Gasteiger charge is -2.28. The van der Waals surface area contributed by atoms with Crippen molar-refractivity contribution in [2.75, 3.05) is 4.90 Å². The van der Waals surface area contributed by atoms with Crippen LogP contribution in [0.4, 0.5) is 5.69 Å². The SMILES string of the molecule is C=C1/C=C\c2c(oc3c2ccc2c3c3cc(C4=CCCC=C4)ccc3n2-c2ccc(-c3cccc4ccccc34)cc2)CC2=C(/C=C\C=C/C=C\C=C\C=C\2)N1c1ccc(-c2cccc3ccccc23)cc1. The molecule has 1 aliphatic heterocycles. The smallest absolute Gasteiger partial charge is 0.144 e. The van der Waals surface area contributed by atoms with Gasteiger partial charge in [0, 0.05) is 45.5 Å². The minimum Gasteiger partial charge on any atom is -0.459 e. The van der Waals surface area contributed by atoms with Gasteiger partial charge in [0.25, 0.3) is 0 Å². The van der Waals surface area contributed by atoms with Gasteiger partial charge in [0.15, 0.2) is 0 Å². The summed E-state index contributed by atoms with van der Waals surface area (Å²) in [6, 6.07) is 59.7. The van der Waals surface area contributed by atoms with Gasteiger partial charge in [0.05, 0.1) is 16.4 Å². The summed E-state index contributed by atoms with van der Waals surface area (Å²) in [5.74, 6) is 0.904. The maximum Gasteiger partial charge on any atom is 0.144 e. The van der Waals surface area contributed by atoms with E-state index in [2.05, 4.69) is 258 Å². The molecule has 72 heavy (non-hydrogen) atoms. The highest BCUT2D eigenvalue weighted by molar-refractivity contribution is 6.21. The van der Waals surface area contributed by atoms with Gasteiger partial charge >= 0.3 is 0 Å². The summed E-state index contributed by atoms with van der Waals surface area (Å²) in [7, 11) is 0. The number of rotatable bonds is 5. The molecule has 0 saturated heterocycles. The highest BCUT2D eigenvalue weighted by Gasteiger charge is 2.25. The van der Waals surface area contributed by atoms with E-state index in [9.17, 15) is 0 Å². The van der Waals surface area contributed by atoms with Gasteiger partial charge in [-0.05, 0) is 140 Å². The predicted molar refractivity (Wildman–Crippen MR) is 306 cm³/mol. The fourth-order valence-corrected chi connectivity index (χ4v) is 11.0. The van der Waals surface area contributed by atoms with Crippen LogP contribution < -0.4 is 4.90 Å². The van der Waals surface area contributed by atoms with Crippen molar-refractivity contribution < 1.29 is 4.42 Å². The van der Waals surface area contributed by atoms with Crippen LogP contribution in [0.25, 0.3) is 93.9 Å². The molecule has 3 aliphatic rings. The average Bonchev–Trinajstić information content (AvgIpc) is 3.97. The third-order valence-electron chi connectivity index (χ3n) is 14.5. The number of furan rings is 1. The third-order valence-corrected chi connectivity index (χ3v) is 14.5. The summed E-state index contributed by atoms with van der Waals surface area (Å²) < 4.78 is 9.79. The zero-order valence-electron chi connectivity index (χ0n) is 39.9. The second-order valence-electron chi connectivity index (χ2n) is 18.7. The molecule has 8 aromatic carbocycles. The Morgan fingerprint density at radius 2 is 1.07 bits per heavy atom. The van der Waals surface area contributed by atoms with Gasteiger partial charge < -0.3 is 13.9 Å². The van der Waals surface area contributed by atoms with E-state index in [1.165, 1.54) is 54.9 Å². The molecule has 3 heterocycles. The zero-order chi connectivity index (χ0) is 48.0. The molecule has 0 spiro atoms. The van der Waals surface area contributed by atoms with Gasteiger partial charge in [0.1, 0.15) is 11.3 Å². The Morgan fingerprint density at radius 3 is 1.75 bits per heavy atom. The maximum atomic E-state index is 7.38. The quantitative estimate of drug-likeness (QED) is 0.172. The molecule has 0 fully saturated rings. The van der Waals surface area contributed by atoms with Crippen molar-refractivity contribution in [3.63, 3.8) is 0 Å². The van der Waals surface area contributed by atoms with E-state index in [0.717, 1.165) is 85.3 Å². The first-order valence-corrected chi connectivity index (χ1v) is 25.0. The van der Waals surface area contributed by atoms with Crippen LogP contribution in [0.1, 0.15) is 29.7 Å². The van der Waals surface area contributed by atoms with Crippen molar-refractivity contribution in [3.05, 3.63) is 289 Å². The van der Waals surface area contributed by atoms with Gasteiger partial charge in [-0.15, -0.1) is 0 Å². The molecule has 2 aliphatic carbocycles. The fraction of sp³-hybridized carbons (Fsp3) is 0.0435. The average molecular weight is 923 g/mol. The summed E-state index contributed by atoms with van der Waals surface area (Å²) in [6.07, 6.45) is 35.0. The Kier molecular flexibility index (Phi) is 10.9. The van der Waals surface area contributed by atoms with Crippen LogP contribution >= 0.6 is 0 Å². The molecule has 10 aromatic rings. The second-order valence-corrected chi connectivity index (χ2v) is 18.7. The number of benzene rings is 8. The van der Waals surface area contributed by atoms with E-state index in [0.29, 0.717) is 6.42 Å². The van der Waals surface area contributed by atoms with Crippen molar-refractivity contribution in [3.8, 4) is 27.9 Å².